The molecule has 11 heteroatoms. The highest BCUT2D eigenvalue weighted by atomic mass is 16.5. The smallest absolute Gasteiger partial charge is 0.264 e. The number of ether oxygens (including phenoxy) is 3. The van der Waals surface area contributed by atoms with E-state index < -0.39 is 23.1 Å². The Balaban J connectivity index is 1.41. The second-order valence-electron chi connectivity index (χ2n) is 10.7. The quantitative estimate of drug-likeness (QED) is 0.307. The molecule has 0 radical (unpaired) electrons. The van der Waals surface area contributed by atoms with E-state index in [0.717, 1.165) is 0 Å². The van der Waals surface area contributed by atoms with Crippen LogP contribution in [0.3, 0.4) is 0 Å². The summed E-state index contributed by atoms with van der Waals surface area (Å²) in [5.74, 6) is 1.32. The molecule has 1 aliphatic carbocycles. The number of Topliss-reactive ketones (excluding diaryl/α,β-unsaturated/α-hetero) is 1. The van der Waals surface area contributed by atoms with Gasteiger partial charge in [-0.25, -0.2) is 4.98 Å². The first-order valence-electron chi connectivity index (χ1n) is 13.5. The third-order valence-electron chi connectivity index (χ3n) is 7.52. The van der Waals surface area contributed by atoms with Gasteiger partial charge in [-0.05, 0) is 63.9 Å². The van der Waals surface area contributed by atoms with E-state index in [-0.39, 0.29) is 17.2 Å². The maximum Gasteiger partial charge on any atom is 0.264 e. The lowest BCUT2D eigenvalue weighted by Gasteiger charge is -2.32. The van der Waals surface area contributed by atoms with Crippen LogP contribution in [0.25, 0.3) is 10.9 Å². The Labute approximate surface area is 242 Å². The number of aliphatic hydroxyl groups is 1. The van der Waals surface area contributed by atoms with E-state index in [1.165, 1.54) is 16.8 Å². The predicted molar refractivity (Wildman–Crippen MR) is 156 cm³/mol. The molecule has 0 aliphatic heterocycles. The molecule has 1 aromatic carbocycles. The van der Waals surface area contributed by atoms with Gasteiger partial charge in [-0.2, -0.15) is 0 Å². The van der Waals surface area contributed by atoms with E-state index in [1.54, 1.807) is 71.5 Å². The zero-order valence-electron chi connectivity index (χ0n) is 24.1. The lowest BCUT2D eigenvalue weighted by Crippen LogP contribution is -2.42. The number of ketones is 1. The van der Waals surface area contributed by atoms with Crippen molar-refractivity contribution in [1.82, 2.24) is 14.5 Å². The lowest BCUT2D eigenvalue weighted by molar-refractivity contribution is 0.0276. The number of rotatable bonds is 8. The summed E-state index contributed by atoms with van der Waals surface area (Å²) in [4.78, 5) is 48.2. The van der Waals surface area contributed by atoms with Crippen LogP contribution in [0.15, 0.2) is 53.6 Å². The zero-order chi connectivity index (χ0) is 30.2. The number of fused-ring (bicyclic) bond motifs is 2. The summed E-state index contributed by atoms with van der Waals surface area (Å²) in [5.41, 5.74) is -0.515. The van der Waals surface area contributed by atoms with Gasteiger partial charge in [0.05, 0.1) is 37.6 Å². The summed E-state index contributed by atoms with van der Waals surface area (Å²) in [6.45, 7) is 4.87. The van der Waals surface area contributed by atoms with E-state index in [9.17, 15) is 19.5 Å². The number of pyridine rings is 3. The van der Waals surface area contributed by atoms with E-state index >= 15 is 0 Å². The largest absolute Gasteiger partial charge is 0.493 e. The summed E-state index contributed by atoms with van der Waals surface area (Å²) < 4.78 is 18.2. The third kappa shape index (κ3) is 5.42. The van der Waals surface area contributed by atoms with Gasteiger partial charge in [-0.15, -0.1) is 0 Å². The van der Waals surface area contributed by atoms with Crippen molar-refractivity contribution in [3.8, 4) is 23.0 Å². The number of anilines is 1. The van der Waals surface area contributed by atoms with Crippen molar-refractivity contribution in [2.75, 3.05) is 19.5 Å². The molecule has 218 valence electrons. The molecule has 0 spiro atoms. The van der Waals surface area contributed by atoms with Crippen molar-refractivity contribution in [2.45, 2.75) is 51.7 Å². The molecule has 11 nitrogen and oxygen atoms in total. The number of nitrogens with zero attached hydrogens (tertiary/aromatic N) is 3. The van der Waals surface area contributed by atoms with Crippen LogP contribution in [0.1, 0.15) is 66.1 Å². The number of hydrogen-bond donors (Lipinski definition) is 2. The maximum absolute atomic E-state index is 13.5. The molecule has 3 heterocycles. The molecular weight excluding hydrogens is 540 g/mol. The van der Waals surface area contributed by atoms with Crippen LogP contribution in [-0.4, -0.2) is 51.2 Å². The molecule has 1 amide bonds. The van der Waals surface area contributed by atoms with Crippen molar-refractivity contribution in [1.29, 1.82) is 0 Å². The fourth-order valence-electron chi connectivity index (χ4n) is 4.97. The molecule has 0 bridgehead atoms. The average Bonchev–Trinajstić information content (AvgIpc) is 2.96. The topological polar surface area (TPSA) is 142 Å². The van der Waals surface area contributed by atoms with Crippen LogP contribution in [0.4, 0.5) is 5.82 Å². The van der Waals surface area contributed by atoms with E-state index in [2.05, 4.69) is 15.3 Å². The molecule has 1 atom stereocenters. The van der Waals surface area contributed by atoms with Crippen molar-refractivity contribution >= 4 is 28.4 Å². The normalized spacial score (nSPS) is 13.8. The Morgan fingerprint density at radius 3 is 2.43 bits per heavy atom. The van der Waals surface area contributed by atoms with E-state index in [1.807, 2.05) is 0 Å². The van der Waals surface area contributed by atoms with Crippen LogP contribution >= 0.6 is 0 Å². The number of hydrogen-bond acceptors (Lipinski definition) is 9. The molecule has 1 unspecified atom stereocenters. The first-order valence-corrected chi connectivity index (χ1v) is 13.5. The number of methoxy groups -OCH3 is 2. The molecule has 2 N–H and O–H groups in total. The molecule has 5 rings (SSSR count). The van der Waals surface area contributed by atoms with Crippen LogP contribution < -0.4 is 25.1 Å². The number of aromatic nitrogens is 3. The van der Waals surface area contributed by atoms with Gasteiger partial charge in [0.25, 0.3) is 11.5 Å². The van der Waals surface area contributed by atoms with Crippen molar-refractivity contribution in [3.05, 3.63) is 76.0 Å². The van der Waals surface area contributed by atoms with Crippen LogP contribution in [-0.2, 0) is 6.42 Å². The summed E-state index contributed by atoms with van der Waals surface area (Å²) in [7, 11) is 3.09. The molecule has 1 aliphatic rings. The van der Waals surface area contributed by atoms with Gasteiger partial charge in [-0.3, -0.25) is 19.4 Å². The number of nitrogens with one attached hydrogen (secondary N) is 1. The first kappa shape index (κ1) is 28.7. The molecule has 0 saturated heterocycles. The SMILES string of the molecule is COc1cc2nccc(Oc3ccc(NC(=O)c4cc5c(n(C(C)C(C)(C)O)c4=O)CCCC5=O)nc3)c2cc1OC. The Hall–Kier alpha value is -4.77. The Morgan fingerprint density at radius 1 is 1.02 bits per heavy atom. The second-order valence-corrected chi connectivity index (χ2v) is 10.7. The summed E-state index contributed by atoms with van der Waals surface area (Å²) >= 11 is 0. The van der Waals surface area contributed by atoms with E-state index in [0.29, 0.717) is 64.4 Å². The Bertz CT molecular complexity index is 1740. The molecule has 3 aromatic heterocycles. The first-order chi connectivity index (χ1) is 20.0. The van der Waals surface area contributed by atoms with Crippen LogP contribution in [0.5, 0.6) is 23.0 Å². The minimum absolute atomic E-state index is 0.138. The van der Waals surface area contributed by atoms with Gasteiger partial charge in [0.1, 0.15) is 22.9 Å². The predicted octanol–water partition coefficient (Wildman–Crippen LogP) is 4.70. The molecule has 42 heavy (non-hydrogen) atoms. The molecule has 0 saturated carbocycles. The molecular formula is C31H32N4O7. The van der Waals surface area contributed by atoms with Crippen LogP contribution in [0, 0.1) is 0 Å². The van der Waals surface area contributed by atoms with Gasteiger partial charge < -0.3 is 29.2 Å². The standard InChI is InChI=1S/C31H32N4O7/c1-17(31(2,3)39)35-23-7-6-8-24(36)20(23)13-21(30(35)38)29(37)34-28-10-9-18(16-33-28)42-25-11-12-32-22-15-27(41-5)26(40-4)14-19(22)25/h9-17,39H,6-8H2,1-5H3,(H,33,34,37). The highest BCUT2D eigenvalue weighted by Gasteiger charge is 2.32. The summed E-state index contributed by atoms with van der Waals surface area (Å²) in [5, 5.41) is 14.0. The number of carbonyl (C=O) groups excluding carboxylic acids is 2. The van der Waals surface area contributed by atoms with Crippen molar-refractivity contribution in [2.24, 2.45) is 0 Å². The highest BCUT2D eigenvalue weighted by Crippen LogP contribution is 2.37. The minimum Gasteiger partial charge on any atom is -0.493 e. The van der Waals surface area contributed by atoms with Crippen LogP contribution in [0.2, 0.25) is 0 Å². The van der Waals surface area contributed by atoms with Gasteiger partial charge in [0.15, 0.2) is 17.3 Å². The number of carbonyl (C=O) groups is 2. The van der Waals surface area contributed by atoms with Gasteiger partial charge in [-0.1, -0.05) is 0 Å². The third-order valence-corrected chi connectivity index (χ3v) is 7.52. The number of amides is 1. The van der Waals surface area contributed by atoms with Gasteiger partial charge in [0.2, 0.25) is 0 Å². The fourth-order valence-corrected chi connectivity index (χ4v) is 4.97. The monoisotopic (exact) mass is 572 g/mol. The Kier molecular flexibility index (Phi) is 7.70. The molecule has 4 aromatic rings. The van der Waals surface area contributed by atoms with Crippen molar-refractivity contribution in [3.63, 3.8) is 0 Å². The highest BCUT2D eigenvalue weighted by molar-refractivity contribution is 6.06. The van der Waals surface area contributed by atoms with Crippen molar-refractivity contribution < 1.29 is 28.9 Å². The number of benzene rings is 1. The van der Waals surface area contributed by atoms with Gasteiger partial charge >= 0.3 is 0 Å². The minimum atomic E-state index is -1.26. The Morgan fingerprint density at radius 2 is 1.76 bits per heavy atom. The zero-order valence-corrected chi connectivity index (χ0v) is 24.1. The fraction of sp³-hybridized carbons (Fsp3) is 0.323. The second kappa shape index (κ2) is 11.2. The summed E-state index contributed by atoms with van der Waals surface area (Å²) in [6.07, 6.45) is 4.49. The molecule has 0 fully saturated rings. The lowest BCUT2D eigenvalue weighted by atomic mass is 9.91. The summed E-state index contributed by atoms with van der Waals surface area (Å²) in [6, 6.07) is 9.09. The van der Waals surface area contributed by atoms with E-state index in [4.69, 9.17) is 14.2 Å². The average molecular weight is 573 g/mol. The van der Waals surface area contributed by atoms with Gasteiger partial charge in [0, 0.05) is 35.3 Å². The maximum atomic E-state index is 13.5.